The fraction of sp³-hybridized carbons (Fsp3) is 0.364. The molecule has 0 spiro atoms. The maximum atomic E-state index is 11.4. The van der Waals surface area contributed by atoms with Gasteiger partial charge in [0.05, 0.1) is 6.04 Å². The van der Waals surface area contributed by atoms with Crippen LogP contribution in [0.1, 0.15) is 31.4 Å². The SMILES string of the molecule is CCCC(=O)C(N)c1ccc(O)cc1. The number of phenolic OH excluding ortho intramolecular Hbond substituents is 1. The van der Waals surface area contributed by atoms with Crippen LogP contribution >= 0.6 is 0 Å². The third-order valence-electron chi connectivity index (χ3n) is 2.10. The molecule has 0 aromatic heterocycles. The van der Waals surface area contributed by atoms with Crippen LogP contribution in [0.4, 0.5) is 0 Å². The van der Waals surface area contributed by atoms with E-state index in [1.54, 1.807) is 12.1 Å². The Morgan fingerprint density at radius 2 is 2.00 bits per heavy atom. The van der Waals surface area contributed by atoms with Gasteiger partial charge >= 0.3 is 0 Å². The van der Waals surface area contributed by atoms with Gasteiger partial charge in [-0.2, -0.15) is 0 Å². The van der Waals surface area contributed by atoms with Crippen molar-refractivity contribution in [3.05, 3.63) is 29.8 Å². The molecule has 0 radical (unpaired) electrons. The summed E-state index contributed by atoms with van der Waals surface area (Å²) in [6.45, 7) is 1.95. The van der Waals surface area contributed by atoms with Crippen molar-refractivity contribution in [2.24, 2.45) is 5.73 Å². The topological polar surface area (TPSA) is 63.3 Å². The lowest BCUT2D eigenvalue weighted by Gasteiger charge is -2.09. The molecule has 3 N–H and O–H groups in total. The van der Waals surface area contributed by atoms with Gasteiger partial charge < -0.3 is 10.8 Å². The first kappa shape index (κ1) is 10.7. The number of rotatable bonds is 4. The largest absolute Gasteiger partial charge is 0.508 e. The second kappa shape index (κ2) is 4.77. The van der Waals surface area contributed by atoms with E-state index >= 15 is 0 Å². The Labute approximate surface area is 83.6 Å². The standard InChI is InChI=1S/C11H15NO2/c1-2-3-10(14)11(12)8-4-6-9(13)7-5-8/h4-7,11,13H,2-3,12H2,1H3. The molecule has 1 unspecified atom stereocenters. The first-order valence-corrected chi connectivity index (χ1v) is 4.72. The Bertz CT molecular complexity index is 306. The average Bonchev–Trinajstić information content (AvgIpc) is 2.18. The van der Waals surface area contributed by atoms with Gasteiger partial charge in [0, 0.05) is 6.42 Å². The van der Waals surface area contributed by atoms with Gasteiger partial charge in [-0.1, -0.05) is 19.1 Å². The third kappa shape index (κ3) is 2.57. The maximum Gasteiger partial charge on any atom is 0.154 e. The van der Waals surface area contributed by atoms with Crippen molar-refractivity contribution in [2.75, 3.05) is 0 Å². The zero-order chi connectivity index (χ0) is 10.6. The fourth-order valence-electron chi connectivity index (χ4n) is 1.27. The molecule has 1 rings (SSSR count). The fourth-order valence-corrected chi connectivity index (χ4v) is 1.27. The summed E-state index contributed by atoms with van der Waals surface area (Å²) < 4.78 is 0. The van der Waals surface area contributed by atoms with Crippen LogP contribution in [0.15, 0.2) is 24.3 Å². The number of hydrogen-bond acceptors (Lipinski definition) is 3. The molecule has 3 heteroatoms. The smallest absolute Gasteiger partial charge is 0.154 e. The van der Waals surface area contributed by atoms with Gasteiger partial charge in [0.2, 0.25) is 0 Å². The Morgan fingerprint density at radius 3 is 2.50 bits per heavy atom. The maximum absolute atomic E-state index is 11.4. The zero-order valence-corrected chi connectivity index (χ0v) is 8.23. The highest BCUT2D eigenvalue weighted by Crippen LogP contribution is 2.17. The van der Waals surface area contributed by atoms with E-state index in [0.717, 1.165) is 12.0 Å². The van der Waals surface area contributed by atoms with Gasteiger partial charge in [-0.3, -0.25) is 4.79 Å². The Balaban J connectivity index is 2.73. The van der Waals surface area contributed by atoms with Crippen molar-refractivity contribution in [1.29, 1.82) is 0 Å². The van der Waals surface area contributed by atoms with Crippen LogP contribution in [0.5, 0.6) is 5.75 Å². The van der Waals surface area contributed by atoms with Crippen LogP contribution in [0, 0.1) is 0 Å². The molecule has 1 aromatic carbocycles. The molecule has 1 aromatic rings. The lowest BCUT2D eigenvalue weighted by atomic mass is 10.0. The Hall–Kier alpha value is -1.35. The molecular formula is C11H15NO2. The van der Waals surface area contributed by atoms with Crippen molar-refractivity contribution >= 4 is 5.78 Å². The summed E-state index contributed by atoms with van der Waals surface area (Å²) in [7, 11) is 0. The van der Waals surface area contributed by atoms with Crippen LogP contribution in [0.2, 0.25) is 0 Å². The molecule has 76 valence electrons. The zero-order valence-electron chi connectivity index (χ0n) is 8.23. The highest BCUT2D eigenvalue weighted by molar-refractivity contribution is 5.85. The van der Waals surface area contributed by atoms with Crippen molar-refractivity contribution < 1.29 is 9.90 Å². The average molecular weight is 193 g/mol. The molecule has 1 atom stereocenters. The molecule has 14 heavy (non-hydrogen) atoms. The molecule has 0 amide bonds. The van der Waals surface area contributed by atoms with Crippen LogP contribution < -0.4 is 5.73 Å². The van der Waals surface area contributed by atoms with E-state index in [1.807, 2.05) is 6.92 Å². The van der Waals surface area contributed by atoms with Crippen LogP contribution in [0.25, 0.3) is 0 Å². The van der Waals surface area contributed by atoms with Crippen molar-refractivity contribution in [3.8, 4) is 5.75 Å². The summed E-state index contributed by atoms with van der Waals surface area (Å²) in [6.07, 6.45) is 1.31. The van der Waals surface area contributed by atoms with Gasteiger partial charge in [-0.15, -0.1) is 0 Å². The van der Waals surface area contributed by atoms with Crippen LogP contribution in [0.3, 0.4) is 0 Å². The molecule has 0 aliphatic carbocycles. The normalized spacial score (nSPS) is 12.4. The van der Waals surface area contributed by atoms with Gasteiger partial charge in [0.1, 0.15) is 5.75 Å². The number of hydrogen-bond donors (Lipinski definition) is 2. The first-order chi connectivity index (χ1) is 6.65. The quantitative estimate of drug-likeness (QED) is 0.765. The molecule has 0 heterocycles. The third-order valence-corrected chi connectivity index (χ3v) is 2.10. The minimum Gasteiger partial charge on any atom is -0.508 e. The summed E-state index contributed by atoms with van der Waals surface area (Å²) in [6, 6.07) is 5.86. The van der Waals surface area contributed by atoms with E-state index in [-0.39, 0.29) is 11.5 Å². The highest BCUT2D eigenvalue weighted by Gasteiger charge is 2.13. The van der Waals surface area contributed by atoms with Gasteiger partial charge in [0.15, 0.2) is 5.78 Å². The second-order valence-electron chi connectivity index (χ2n) is 3.29. The van der Waals surface area contributed by atoms with Crippen molar-refractivity contribution in [2.45, 2.75) is 25.8 Å². The van der Waals surface area contributed by atoms with E-state index in [2.05, 4.69) is 0 Å². The van der Waals surface area contributed by atoms with E-state index < -0.39 is 6.04 Å². The predicted molar refractivity (Wildman–Crippen MR) is 55.0 cm³/mol. The molecular weight excluding hydrogens is 178 g/mol. The summed E-state index contributed by atoms with van der Waals surface area (Å²) in [4.78, 5) is 11.4. The van der Waals surface area contributed by atoms with E-state index in [4.69, 9.17) is 10.8 Å². The second-order valence-corrected chi connectivity index (χ2v) is 3.29. The van der Waals surface area contributed by atoms with E-state index in [0.29, 0.717) is 6.42 Å². The van der Waals surface area contributed by atoms with Crippen molar-refractivity contribution in [3.63, 3.8) is 0 Å². The summed E-state index contributed by atoms with van der Waals surface area (Å²) in [5, 5.41) is 9.05. The van der Waals surface area contributed by atoms with Crippen molar-refractivity contribution in [1.82, 2.24) is 0 Å². The first-order valence-electron chi connectivity index (χ1n) is 4.72. The highest BCUT2D eigenvalue weighted by atomic mass is 16.3. The monoisotopic (exact) mass is 193 g/mol. The van der Waals surface area contributed by atoms with E-state index in [1.165, 1.54) is 12.1 Å². The molecule has 0 aliphatic rings. The molecule has 0 saturated heterocycles. The molecule has 0 saturated carbocycles. The number of carbonyl (C=O) groups excluding carboxylic acids is 1. The number of ketones is 1. The molecule has 0 aliphatic heterocycles. The van der Waals surface area contributed by atoms with Gasteiger partial charge in [-0.25, -0.2) is 0 Å². The van der Waals surface area contributed by atoms with E-state index in [9.17, 15) is 4.79 Å². The summed E-state index contributed by atoms with van der Waals surface area (Å²) in [5.74, 6) is 0.224. The molecule has 0 bridgehead atoms. The van der Waals surface area contributed by atoms with Gasteiger partial charge in [-0.05, 0) is 24.1 Å². The molecule has 3 nitrogen and oxygen atoms in total. The number of phenols is 1. The predicted octanol–water partition coefficient (Wildman–Crippen LogP) is 1.76. The number of aromatic hydroxyl groups is 1. The number of benzene rings is 1. The number of Topliss-reactive ketones (excluding diaryl/α,β-unsaturated/α-hetero) is 1. The van der Waals surface area contributed by atoms with Crippen LogP contribution in [-0.4, -0.2) is 10.9 Å². The summed E-state index contributed by atoms with van der Waals surface area (Å²) >= 11 is 0. The minimum atomic E-state index is -0.560. The Morgan fingerprint density at radius 1 is 1.43 bits per heavy atom. The van der Waals surface area contributed by atoms with Crippen LogP contribution in [-0.2, 0) is 4.79 Å². The summed E-state index contributed by atoms with van der Waals surface area (Å²) in [5.41, 5.74) is 6.49. The molecule has 0 fully saturated rings. The lowest BCUT2D eigenvalue weighted by Crippen LogP contribution is -2.20. The number of nitrogens with two attached hydrogens (primary N) is 1. The number of carbonyl (C=O) groups is 1. The van der Waals surface area contributed by atoms with Gasteiger partial charge in [0.25, 0.3) is 0 Å². The Kier molecular flexibility index (Phi) is 3.65. The minimum absolute atomic E-state index is 0.0400. The lowest BCUT2D eigenvalue weighted by molar-refractivity contribution is -0.120.